The van der Waals surface area contributed by atoms with Crippen LogP contribution in [-0.4, -0.2) is 40.9 Å². The standard InChI is InChI=1S/C17H22N2O2/c1-6-13-15(21)18(5)16(17(2,3)4)19(13)14(20)12-10-8-7-9-11-12/h6-11,13,16H,1H2,2-5H3/t13-,16+/m0/s1. The van der Waals surface area contributed by atoms with E-state index in [9.17, 15) is 9.59 Å². The van der Waals surface area contributed by atoms with Gasteiger partial charge in [-0.15, -0.1) is 6.58 Å². The smallest absolute Gasteiger partial charge is 0.256 e. The quantitative estimate of drug-likeness (QED) is 0.784. The van der Waals surface area contributed by atoms with Crippen molar-refractivity contribution in [3.63, 3.8) is 0 Å². The molecule has 0 spiro atoms. The largest absolute Gasteiger partial charge is 0.323 e. The summed E-state index contributed by atoms with van der Waals surface area (Å²) in [7, 11) is 1.74. The first kappa shape index (κ1) is 15.3. The number of rotatable bonds is 2. The third-order valence-corrected chi connectivity index (χ3v) is 3.78. The van der Waals surface area contributed by atoms with Gasteiger partial charge in [-0.2, -0.15) is 0 Å². The average Bonchev–Trinajstić information content (AvgIpc) is 2.70. The van der Waals surface area contributed by atoms with Crippen LogP contribution in [-0.2, 0) is 4.79 Å². The third kappa shape index (κ3) is 2.58. The van der Waals surface area contributed by atoms with Crippen LogP contribution in [0.1, 0.15) is 31.1 Å². The number of hydrogen-bond donors (Lipinski definition) is 0. The van der Waals surface area contributed by atoms with Crippen LogP contribution < -0.4 is 0 Å². The molecule has 1 fully saturated rings. The van der Waals surface area contributed by atoms with Crippen LogP contribution in [0.15, 0.2) is 43.0 Å². The van der Waals surface area contributed by atoms with Crippen molar-refractivity contribution >= 4 is 11.8 Å². The lowest BCUT2D eigenvalue weighted by molar-refractivity contribution is -0.129. The van der Waals surface area contributed by atoms with Gasteiger partial charge in [-0.3, -0.25) is 9.59 Å². The van der Waals surface area contributed by atoms with Gasteiger partial charge in [0, 0.05) is 18.0 Å². The van der Waals surface area contributed by atoms with E-state index in [1.165, 1.54) is 0 Å². The Morgan fingerprint density at radius 2 is 1.81 bits per heavy atom. The minimum absolute atomic E-state index is 0.0887. The van der Waals surface area contributed by atoms with Crippen LogP contribution in [0, 0.1) is 5.41 Å². The monoisotopic (exact) mass is 286 g/mol. The molecule has 0 aromatic heterocycles. The molecule has 2 rings (SSSR count). The predicted octanol–water partition coefficient (Wildman–Crippen LogP) is 2.53. The summed E-state index contributed by atoms with van der Waals surface area (Å²) >= 11 is 0. The van der Waals surface area contributed by atoms with Gasteiger partial charge in [0.1, 0.15) is 12.2 Å². The maximum atomic E-state index is 12.9. The molecule has 1 aliphatic rings. The van der Waals surface area contributed by atoms with Crippen molar-refractivity contribution in [2.45, 2.75) is 33.0 Å². The highest BCUT2D eigenvalue weighted by Crippen LogP contribution is 2.35. The van der Waals surface area contributed by atoms with Crippen LogP contribution in [0.3, 0.4) is 0 Å². The Labute approximate surface area is 126 Å². The Morgan fingerprint density at radius 1 is 1.24 bits per heavy atom. The summed E-state index contributed by atoms with van der Waals surface area (Å²) in [5, 5.41) is 0. The van der Waals surface area contributed by atoms with E-state index in [1.807, 2.05) is 39.0 Å². The second kappa shape index (κ2) is 5.35. The lowest BCUT2D eigenvalue weighted by Gasteiger charge is -2.38. The van der Waals surface area contributed by atoms with Gasteiger partial charge in [-0.05, 0) is 12.1 Å². The molecule has 0 radical (unpaired) electrons. The zero-order valence-electron chi connectivity index (χ0n) is 13.0. The highest BCUT2D eigenvalue weighted by molar-refractivity contribution is 6.00. The minimum Gasteiger partial charge on any atom is -0.323 e. The van der Waals surface area contributed by atoms with E-state index in [4.69, 9.17) is 0 Å². The van der Waals surface area contributed by atoms with Gasteiger partial charge in [-0.1, -0.05) is 45.0 Å². The maximum absolute atomic E-state index is 12.9. The number of hydrogen-bond acceptors (Lipinski definition) is 2. The molecule has 112 valence electrons. The van der Waals surface area contributed by atoms with Gasteiger partial charge in [-0.25, -0.2) is 0 Å². The molecule has 0 aliphatic carbocycles. The number of benzene rings is 1. The summed E-state index contributed by atoms with van der Waals surface area (Å²) < 4.78 is 0. The van der Waals surface area contributed by atoms with Gasteiger partial charge >= 0.3 is 0 Å². The lowest BCUT2D eigenvalue weighted by atomic mass is 9.90. The van der Waals surface area contributed by atoms with Gasteiger partial charge < -0.3 is 9.80 Å². The number of carbonyl (C=O) groups excluding carboxylic acids is 2. The van der Waals surface area contributed by atoms with E-state index in [-0.39, 0.29) is 23.4 Å². The summed E-state index contributed by atoms with van der Waals surface area (Å²) in [6.07, 6.45) is 1.26. The van der Waals surface area contributed by atoms with Crippen molar-refractivity contribution in [3.05, 3.63) is 48.6 Å². The molecule has 1 aliphatic heterocycles. The normalized spacial score (nSPS) is 22.6. The van der Waals surface area contributed by atoms with E-state index >= 15 is 0 Å². The fraction of sp³-hybridized carbons (Fsp3) is 0.412. The van der Waals surface area contributed by atoms with Crippen molar-refractivity contribution in [3.8, 4) is 0 Å². The van der Waals surface area contributed by atoms with Crippen molar-refractivity contribution in [1.29, 1.82) is 0 Å². The Morgan fingerprint density at radius 3 is 2.29 bits per heavy atom. The summed E-state index contributed by atoms with van der Waals surface area (Å²) in [6, 6.07) is 8.44. The van der Waals surface area contributed by atoms with Crippen LogP contribution in [0.5, 0.6) is 0 Å². The molecular formula is C17H22N2O2. The molecule has 1 saturated heterocycles. The summed E-state index contributed by atoms with van der Waals surface area (Å²) in [6.45, 7) is 9.81. The molecule has 1 heterocycles. The number of nitrogens with zero attached hydrogens (tertiary/aromatic N) is 2. The first-order valence-electron chi connectivity index (χ1n) is 7.06. The predicted molar refractivity (Wildman–Crippen MR) is 82.6 cm³/mol. The molecule has 21 heavy (non-hydrogen) atoms. The van der Waals surface area contributed by atoms with E-state index < -0.39 is 6.04 Å². The maximum Gasteiger partial charge on any atom is 0.256 e. The molecule has 0 saturated carbocycles. The van der Waals surface area contributed by atoms with E-state index in [1.54, 1.807) is 35.1 Å². The minimum atomic E-state index is -0.605. The van der Waals surface area contributed by atoms with Crippen LogP contribution in [0.2, 0.25) is 0 Å². The molecule has 0 N–H and O–H groups in total. The van der Waals surface area contributed by atoms with Crippen molar-refractivity contribution in [1.82, 2.24) is 9.80 Å². The Hall–Kier alpha value is -2.10. The summed E-state index contributed by atoms with van der Waals surface area (Å²) in [5.41, 5.74) is 0.341. The number of likely N-dealkylation sites (N-methyl/N-ethyl adjacent to an activating group) is 1. The molecule has 0 unspecified atom stereocenters. The third-order valence-electron chi connectivity index (χ3n) is 3.78. The second-order valence-electron chi connectivity index (χ2n) is 6.45. The fourth-order valence-electron chi connectivity index (χ4n) is 2.97. The van der Waals surface area contributed by atoms with E-state index in [0.29, 0.717) is 5.56 Å². The van der Waals surface area contributed by atoms with Gasteiger partial charge in [0.05, 0.1) is 0 Å². The Balaban J connectivity index is 2.48. The molecule has 4 nitrogen and oxygen atoms in total. The van der Waals surface area contributed by atoms with E-state index in [2.05, 4.69) is 6.58 Å². The van der Waals surface area contributed by atoms with Crippen molar-refractivity contribution in [2.24, 2.45) is 5.41 Å². The van der Waals surface area contributed by atoms with Crippen LogP contribution >= 0.6 is 0 Å². The van der Waals surface area contributed by atoms with Crippen molar-refractivity contribution in [2.75, 3.05) is 7.05 Å². The molecule has 4 heteroatoms. The average molecular weight is 286 g/mol. The highest BCUT2D eigenvalue weighted by Gasteiger charge is 2.50. The molecule has 0 bridgehead atoms. The van der Waals surface area contributed by atoms with E-state index in [0.717, 1.165) is 0 Å². The SMILES string of the molecule is C=C[C@H]1C(=O)N(C)[C@@H](C(C)(C)C)N1C(=O)c1ccccc1. The molecule has 1 aromatic rings. The molecule has 2 amide bonds. The number of carbonyl (C=O) groups is 2. The lowest BCUT2D eigenvalue weighted by Crippen LogP contribution is -2.50. The van der Waals surface area contributed by atoms with Gasteiger partial charge in [0.15, 0.2) is 0 Å². The zero-order valence-corrected chi connectivity index (χ0v) is 13.0. The summed E-state index contributed by atoms with van der Waals surface area (Å²) in [4.78, 5) is 28.6. The van der Waals surface area contributed by atoms with Gasteiger partial charge in [0.25, 0.3) is 11.8 Å². The Bertz CT molecular complexity index is 560. The first-order valence-corrected chi connectivity index (χ1v) is 7.06. The Kier molecular flexibility index (Phi) is 3.90. The van der Waals surface area contributed by atoms with Gasteiger partial charge in [0.2, 0.25) is 0 Å². The molecular weight excluding hydrogens is 264 g/mol. The fourth-order valence-corrected chi connectivity index (χ4v) is 2.97. The molecule has 2 atom stereocenters. The van der Waals surface area contributed by atoms with Crippen molar-refractivity contribution < 1.29 is 9.59 Å². The summed E-state index contributed by atoms with van der Waals surface area (Å²) in [5.74, 6) is -0.229. The number of amides is 2. The zero-order chi connectivity index (χ0) is 15.8. The molecule has 1 aromatic carbocycles. The highest BCUT2D eigenvalue weighted by atomic mass is 16.2. The van der Waals surface area contributed by atoms with Crippen LogP contribution in [0.25, 0.3) is 0 Å². The van der Waals surface area contributed by atoms with Crippen LogP contribution in [0.4, 0.5) is 0 Å². The topological polar surface area (TPSA) is 40.6 Å². The second-order valence-corrected chi connectivity index (χ2v) is 6.45. The first-order chi connectivity index (χ1) is 9.79.